The lowest BCUT2D eigenvalue weighted by molar-refractivity contribution is 0.0691. The van der Waals surface area contributed by atoms with Crippen molar-refractivity contribution >= 4 is 40.9 Å². The topological polar surface area (TPSA) is 32.3 Å². The van der Waals surface area contributed by atoms with Crippen LogP contribution in [0, 0.1) is 3.57 Å². The van der Waals surface area contributed by atoms with Gasteiger partial charge in [0, 0.05) is 34.3 Å². The molecule has 3 nitrogen and oxygen atoms in total. The van der Waals surface area contributed by atoms with Gasteiger partial charge in [0.1, 0.15) is 0 Å². The van der Waals surface area contributed by atoms with Crippen LogP contribution in [-0.2, 0) is 0 Å². The van der Waals surface area contributed by atoms with Gasteiger partial charge in [-0.05, 0) is 59.7 Å². The SMILES string of the molecule is Cl.O=C(c1ccc(I)cc1)N1CCNC2(CC2)C1. The summed E-state index contributed by atoms with van der Waals surface area (Å²) in [7, 11) is 0. The van der Waals surface area contributed by atoms with Crippen LogP contribution in [0.5, 0.6) is 0 Å². The summed E-state index contributed by atoms with van der Waals surface area (Å²) in [6, 6.07) is 7.82. The van der Waals surface area contributed by atoms with E-state index < -0.39 is 0 Å². The van der Waals surface area contributed by atoms with Crippen LogP contribution in [0.4, 0.5) is 0 Å². The molecule has 2 fully saturated rings. The third-order valence-electron chi connectivity index (χ3n) is 3.61. The zero-order valence-electron chi connectivity index (χ0n) is 9.99. The molecular weight excluding hydrogens is 363 g/mol. The first-order valence-corrected chi connectivity index (χ1v) is 7.06. The average molecular weight is 379 g/mol. The van der Waals surface area contributed by atoms with Crippen molar-refractivity contribution in [2.45, 2.75) is 18.4 Å². The van der Waals surface area contributed by atoms with Gasteiger partial charge in [0.05, 0.1) is 0 Å². The Labute approximate surface area is 127 Å². The number of hydrogen-bond acceptors (Lipinski definition) is 2. The van der Waals surface area contributed by atoms with Gasteiger partial charge in [-0.2, -0.15) is 0 Å². The van der Waals surface area contributed by atoms with Crippen LogP contribution < -0.4 is 5.32 Å². The van der Waals surface area contributed by atoms with Crippen molar-refractivity contribution in [1.29, 1.82) is 0 Å². The van der Waals surface area contributed by atoms with Gasteiger partial charge in [0.15, 0.2) is 0 Å². The maximum atomic E-state index is 12.3. The Morgan fingerprint density at radius 3 is 2.56 bits per heavy atom. The number of hydrogen-bond donors (Lipinski definition) is 1. The molecule has 3 rings (SSSR count). The molecule has 5 heteroatoms. The molecule has 0 aromatic heterocycles. The number of amides is 1. The zero-order chi connectivity index (χ0) is 11.9. The van der Waals surface area contributed by atoms with Crippen LogP contribution in [0.2, 0.25) is 0 Å². The molecule has 0 atom stereocenters. The van der Waals surface area contributed by atoms with Crippen LogP contribution in [0.1, 0.15) is 23.2 Å². The molecule has 98 valence electrons. The fraction of sp³-hybridized carbons (Fsp3) is 0.462. The summed E-state index contributed by atoms with van der Waals surface area (Å²) in [5.41, 5.74) is 1.07. The van der Waals surface area contributed by atoms with Crippen molar-refractivity contribution in [2.75, 3.05) is 19.6 Å². The van der Waals surface area contributed by atoms with Crippen molar-refractivity contribution in [3.05, 3.63) is 33.4 Å². The molecule has 18 heavy (non-hydrogen) atoms. The lowest BCUT2D eigenvalue weighted by Gasteiger charge is -2.34. The third kappa shape index (κ3) is 2.81. The first kappa shape index (κ1) is 14.1. The summed E-state index contributed by atoms with van der Waals surface area (Å²) in [6.45, 7) is 2.63. The smallest absolute Gasteiger partial charge is 0.253 e. The molecule has 1 aliphatic heterocycles. The fourth-order valence-electron chi connectivity index (χ4n) is 2.39. The van der Waals surface area contributed by atoms with Gasteiger partial charge in [0.2, 0.25) is 0 Å². The van der Waals surface area contributed by atoms with Gasteiger partial charge in [-0.1, -0.05) is 0 Å². The molecular formula is C13H16ClIN2O. The maximum absolute atomic E-state index is 12.3. The van der Waals surface area contributed by atoms with Crippen LogP contribution in [0.15, 0.2) is 24.3 Å². The molecule has 1 aliphatic carbocycles. The summed E-state index contributed by atoms with van der Waals surface area (Å²) in [6.07, 6.45) is 2.42. The summed E-state index contributed by atoms with van der Waals surface area (Å²) in [5, 5.41) is 3.52. The minimum Gasteiger partial charge on any atom is -0.336 e. The highest BCUT2D eigenvalue weighted by molar-refractivity contribution is 14.1. The standard InChI is InChI=1S/C13H15IN2O.ClH/c14-11-3-1-10(2-4-11)12(17)16-8-7-15-13(9-16)5-6-13;/h1-4,15H,5-9H2;1H. The van der Waals surface area contributed by atoms with E-state index >= 15 is 0 Å². The predicted octanol–water partition coefficient (Wildman–Crippen LogP) is 2.29. The van der Waals surface area contributed by atoms with E-state index in [1.54, 1.807) is 0 Å². The largest absolute Gasteiger partial charge is 0.336 e. The molecule has 1 aromatic rings. The number of rotatable bonds is 1. The first-order valence-electron chi connectivity index (χ1n) is 5.98. The minimum absolute atomic E-state index is 0. The Kier molecular flexibility index (Phi) is 4.18. The van der Waals surface area contributed by atoms with Crippen LogP contribution in [0.25, 0.3) is 0 Å². The van der Waals surface area contributed by atoms with Gasteiger partial charge in [-0.25, -0.2) is 0 Å². The second-order valence-electron chi connectivity index (χ2n) is 4.94. The quantitative estimate of drug-likeness (QED) is 0.761. The number of nitrogens with one attached hydrogen (secondary N) is 1. The number of carbonyl (C=O) groups excluding carboxylic acids is 1. The van der Waals surface area contributed by atoms with Gasteiger partial charge < -0.3 is 10.2 Å². The molecule has 1 heterocycles. The first-order chi connectivity index (χ1) is 8.19. The summed E-state index contributed by atoms with van der Waals surface area (Å²) in [4.78, 5) is 14.3. The highest BCUT2D eigenvalue weighted by Crippen LogP contribution is 2.37. The molecule has 1 saturated carbocycles. The van der Waals surface area contributed by atoms with E-state index in [9.17, 15) is 4.79 Å². The molecule has 1 saturated heterocycles. The summed E-state index contributed by atoms with van der Waals surface area (Å²) >= 11 is 2.25. The van der Waals surface area contributed by atoms with E-state index in [0.717, 1.165) is 28.8 Å². The molecule has 1 amide bonds. The Bertz CT molecular complexity index is 445. The Morgan fingerprint density at radius 2 is 1.94 bits per heavy atom. The van der Waals surface area contributed by atoms with Crippen molar-refractivity contribution in [2.24, 2.45) is 0 Å². The minimum atomic E-state index is 0. The lowest BCUT2D eigenvalue weighted by atomic mass is 10.1. The predicted molar refractivity (Wildman–Crippen MR) is 82.3 cm³/mol. The summed E-state index contributed by atoms with van der Waals surface area (Å²) in [5.74, 6) is 0.175. The maximum Gasteiger partial charge on any atom is 0.253 e. The number of halogens is 2. The zero-order valence-corrected chi connectivity index (χ0v) is 13.0. The monoisotopic (exact) mass is 378 g/mol. The van der Waals surface area contributed by atoms with Gasteiger partial charge in [0.25, 0.3) is 5.91 Å². The number of benzene rings is 1. The van der Waals surface area contributed by atoms with Crippen molar-refractivity contribution < 1.29 is 4.79 Å². The van der Waals surface area contributed by atoms with E-state index in [1.165, 1.54) is 12.8 Å². The Morgan fingerprint density at radius 1 is 1.28 bits per heavy atom. The molecule has 1 spiro atoms. The van der Waals surface area contributed by atoms with Crippen LogP contribution >= 0.6 is 35.0 Å². The van der Waals surface area contributed by atoms with E-state index in [0.29, 0.717) is 0 Å². The second-order valence-corrected chi connectivity index (χ2v) is 6.19. The lowest BCUT2D eigenvalue weighted by Crippen LogP contribution is -2.54. The molecule has 0 radical (unpaired) electrons. The van der Waals surface area contributed by atoms with E-state index in [-0.39, 0.29) is 23.9 Å². The van der Waals surface area contributed by atoms with Crippen molar-refractivity contribution in [3.63, 3.8) is 0 Å². The molecule has 1 N–H and O–H groups in total. The number of piperazine rings is 1. The molecule has 0 bridgehead atoms. The van der Waals surface area contributed by atoms with Gasteiger partial charge in [-0.15, -0.1) is 12.4 Å². The molecule has 2 aliphatic rings. The highest BCUT2D eigenvalue weighted by atomic mass is 127. The number of carbonyl (C=O) groups is 1. The van der Waals surface area contributed by atoms with Crippen molar-refractivity contribution in [1.82, 2.24) is 10.2 Å². The van der Waals surface area contributed by atoms with E-state index in [4.69, 9.17) is 0 Å². The molecule has 1 aromatic carbocycles. The highest BCUT2D eigenvalue weighted by Gasteiger charge is 2.46. The van der Waals surface area contributed by atoms with Gasteiger partial charge >= 0.3 is 0 Å². The normalized spacial score (nSPS) is 20.4. The average Bonchev–Trinajstić information content (AvgIpc) is 3.08. The molecule has 0 unspecified atom stereocenters. The third-order valence-corrected chi connectivity index (χ3v) is 4.33. The van der Waals surface area contributed by atoms with Gasteiger partial charge in [-0.3, -0.25) is 4.79 Å². The van der Waals surface area contributed by atoms with Crippen LogP contribution in [-0.4, -0.2) is 36.0 Å². The van der Waals surface area contributed by atoms with Crippen LogP contribution in [0.3, 0.4) is 0 Å². The number of nitrogens with zero attached hydrogens (tertiary/aromatic N) is 1. The Hall–Kier alpha value is -0.330. The fourth-order valence-corrected chi connectivity index (χ4v) is 2.75. The second kappa shape index (κ2) is 5.35. The van der Waals surface area contributed by atoms with Crippen molar-refractivity contribution in [3.8, 4) is 0 Å². The Balaban J connectivity index is 0.00000120. The van der Waals surface area contributed by atoms with E-state index in [1.807, 2.05) is 29.2 Å². The summed E-state index contributed by atoms with van der Waals surface area (Å²) < 4.78 is 1.16. The van der Waals surface area contributed by atoms with E-state index in [2.05, 4.69) is 27.9 Å².